The van der Waals surface area contributed by atoms with Crippen molar-refractivity contribution in [3.05, 3.63) is 11.6 Å². The van der Waals surface area contributed by atoms with E-state index in [9.17, 15) is 35.4 Å². The SMILES string of the molecule is C[C@H]1O[C@@H](O[C@H]2[C@@H](O)C[C@H](O[C@H]3[C@@H](O)C[C@H](O[C@H]4CC[C@@]5(C)[C@@H](CC[C@H]6[C@@H]5C[C@@H](O)[C@]5(C)[C@@H](C7=CC(=O)OC7)CC[C@]65O)C4)O[C@@H]3C)O[C@@H]2C)C[C@H](O)[C@@H]1O. The molecular formula is C41H64O14. The minimum atomic E-state index is -1.01. The van der Waals surface area contributed by atoms with Crippen LogP contribution in [0.1, 0.15) is 105 Å². The van der Waals surface area contributed by atoms with Gasteiger partial charge in [0.25, 0.3) is 0 Å². The maximum absolute atomic E-state index is 12.6. The van der Waals surface area contributed by atoms with Gasteiger partial charge in [0.2, 0.25) is 0 Å². The van der Waals surface area contributed by atoms with Crippen molar-refractivity contribution in [3.63, 3.8) is 0 Å². The normalized spacial score (nSPS) is 55.5. The van der Waals surface area contributed by atoms with Crippen molar-refractivity contribution in [2.75, 3.05) is 6.61 Å². The molecule has 4 saturated carbocycles. The van der Waals surface area contributed by atoms with Gasteiger partial charge in [0, 0.05) is 30.8 Å². The molecule has 3 saturated heterocycles. The van der Waals surface area contributed by atoms with Gasteiger partial charge in [-0.25, -0.2) is 4.79 Å². The maximum atomic E-state index is 12.6. The van der Waals surface area contributed by atoms with Gasteiger partial charge < -0.3 is 63.8 Å². The number of hydrogen-bond acceptors (Lipinski definition) is 14. The van der Waals surface area contributed by atoms with Crippen molar-refractivity contribution in [1.82, 2.24) is 0 Å². The van der Waals surface area contributed by atoms with Crippen LogP contribution in [-0.4, -0.2) is 135 Å². The zero-order valence-electron chi connectivity index (χ0n) is 32.9. The minimum absolute atomic E-state index is 0.0452. The van der Waals surface area contributed by atoms with Crippen LogP contribution in [0.25, 0.3) is 0 Å². The summed E-state index contributed by atoms with van der Waals surface area (Å²) < 4.78 is 42.1. The first-order valence-corrected chi connectivity index (χ1v) is 20.9. The van der Waals surface area contributed by atoms with Crippen molar-refractivity contribution in [3.8, 4) is 0 Å². The first-order chi connectivity index (χ1) is 26.0. The molecule has 8 aliphatic rings. The summed E-state index contributed by atoms with van der Waals surface area (Å²) in [7, 11) is 0. The van der Waals surface area contributed by atoms with E-state index in [0.717, 1.165) is 44.1 Å². The molecule has 6 N–H and O–H groups in total. The second kappa shape index (κ2) is 15.1. The molecule has 4 aliphatic heterocycles. The predicted molar refractivity (Wildman–Crippen MR) is 193 cm³/mol. The number of cyclic esters (lactones) is 1. The molecule has 0 aromatic rings. The molecule has 0 aromatic heterocycles. The molecule has 21 atom stereocenters. The highest BCUT2D eigenvalue weighted by atomic mass is 16.7. The highest BCUT2D eigenvalue weighted by molar-refractivity contribution is 5.85. The molecule has 0 amide bonds. The average molecular weight is 781 g/mol. The van der Waals surface area contributed by atoms with Crippen LogP contribution in [0.3, 0.4) is 0 Å². The number of hydrogen-bond donors (Lipinski definition) is 6. The molecule has 8 rings (SSSR count). The lowest BCUT2D eigenvalue weighted by Crippen LogP contribution is -2.67. The Morgan fingerprint density at radius 2 is 1.29 bits per heavy atom. The molecular weight excluding hydrogens is 716 g/mol. The summed E-state index contributed by atoms with van der Waals surface area (Å²) in [5.74, 6) is 0.204. The van der Waals surface area contributed by atoms with Crippen LogP contribution in [0.15, 0.2) is 11.6 Å². The number of fused-ring (bicyclic) bond motifs is 5. The van der Waals surface area contributed by atoms with Crippen molar-refractivity contribution in [2.45, 2.75) is 197 Å². The van der Waals surface area contributed by atoms with E-state index < -0.39 is 90.9 Å². The summed E-state index contributed by atoms with van der Waals surface area (Å²) >= 11 is 0. The lowest BCUT2D eigenvalue weighted by Gasteiger charge is -2.65. The van der Waals surface area contributed by atoms with Crippen LogP contribution < -0.4 is 0 Å². The van der Waals surface area contributed by atoms with Crippen molar-refractivity contribution in [2.24, 2.45) is 34.5 Å². The topological polar surface area (TPSA) is 203 Å². The van der Waals surface area contributed by atoms with Gasteiger partial charge in [0.1, 0.15) is 24.9 Å². The Labute approximate surface area is 323 Å². The number of ether oxygens (including phenoxy) is 7. The molecule has 14 heteroatoms. The first-order valence-electron chi connectivity index (χ1n) is 20.9. The summed E-state index contributed by atoms with van der Waals surface area (Å²) in [6, 6.07) is 0. The van der Waals surface area contributed by atoms with Crippen LogP contribution in [0.4, 0.5) is 0 Å². The van der Waals surface area contributed by atoms with Crippen LogP contribution in [-0.2, 0) is 38.0 Å². The quantitative estimate of drug-likeness (QED) is 0.162. The average Bonchev–Trinajstić information content (AvgIpc) is 3.67. The molecule has 0 spiro atoms. The van der Waals surface area contributed by atoms with Crippen LogP contribution in [0, 0.1) is 34.5 Å². The van der Waals surface area contributed by atoms with Crippen LogP contribution in [0.2, 0.25) is 0 Å². The summed E-state index contributed by atoms with van der Waals surface area (Å²) in [5, 5.41) is 66.9. The number of carbonyl (C=O) groups is 1. The first kappa shape index (κ1) is 40.5. The van der Waals surface area contributed by atoms with E-state index >= 15 is 0 Å². The molecule has 55 heavy (non-hydrogen) atoms. The molecule has 0 aromatic carbocycles. The molecule has 312 valence electrons. The third-order valence-corrected chi connectivity index (χ3v) is 16.0. The molecule has 4 aliphatic carbocycles. The van der Waals surface area contributed by atoms with Gasteiger partial charge in [-0.3, -0.25) is 0 Å². The number of aliphatic hydroxyl groups is 6. The van der Waals surface area contributed by atoms with Gasteiger partial charge in [-0.05, 0) is 107 Å². The molecule has 4 heterocycles. The molecule has 0 bridgehead atoms. The summed E-state index contributed by atoms with van der Waals surface area (Å²) in [5.41, 5.74) is -0.892. The Kier molecular flexibility index (Phi) is 11.1. The fraction of sp³-hybridized carbons (Fsp3) is 0.927. The second-order valence-electron chi connectivity index (χ2n) is 18.8. The standard InChI is InChI=1S/C41H64O14/c1-19-36(47)28(42)15-34(50-19)54-38-21(3)52-35(17-30(38)44)55-37-20(2)51-33(16-29(37)43)53-24-8-10-39(4)23(13-24)6-7-26-27(39)14-31(45)40(5)25(9-11-41(26,40)48)22-12-32(46)49-18-22/h12,19-21,23-31,33-38,42-45,47-48H,6-11,13-18H2,1-5H3/t19-,20-,21-,23+,24+,25-,26+,27+,28+,29+,30+,31-,33+,34+,35+,36-,37-,38-,39+,40+,41+/m1/s1. The van der Waals surface area contributed by atoms with E-state index in [-0.39, 0.29) is 61.1 Å². The zero-order valence-corrected chi connectivity index (χ0v) is 32.9. The van der Waals surface area contributed by atoms with Crippen molar-refractivity contribution < 1.29 is 68.6 Å². The number of esters is 1. The van der Waals surface area contributed by atoms with Crippen LogP contribution in [0.5, 0.6) is 0 Å². The molecule has 0 unspecified atom stereocenters. The Bertz CT molecular complexity index is 1410. The predicted octanol–water partition coefficient (Wildman–Crippen LogP) is 2.22. The van der Waals surface area contributed by atoms with Crippen molar-refractivity contribution >= 4 is 5.97 Å². The second-order valence-corrected chi connectivity index (χ2v) is 18.8. The van der Waals surface area contributed by atoms with E-state index in [4.69, 9.17) is 33.2 Å². The van der Waals surface area contributed by atoms with Gasteiger partial charge in [-0.15, -0.1) is 0 Å². The minimum Gasteiger partial charge on any atom is -0.458 e. The van der Waals surface area contributed by atoms with E-state index in [1.165, 1.54) is 0 Å². The molecule has 7 fully saturated rings. The highest BCUT2D eigenvalue weighted by Crippen LogP contribution is 2.70. The smallest absolute Gasteiger partial charge is 0.331 e. The molecule has 0 radical (unpaired) electrons. The molecule has 14 nitrogen and oxygen atoms in total. The Hall–Kier alpha value is -1.27. The monoisotopic (exact) mass is 780 g/mol. The van der Waals surface area contributed by atoms with Gasteiger partial charge in [0.15, 0.2) is 18.9 Å². The Balaban J connectivity index is 0.837. The fourth-order valence-electron chi connectivity index (χ4n) is 12.8. The van der Waals surface area contributed by atoms with Crippen LogP contribution >= 0.6 is 0 Å². The van der Waals surface area contributed by atoms with E-state index in [1.54, 1.807) is 19.9 Å². The third-order valence-electron chi connectivity index (χ3n) is 16.0. The maximum Gasteiger partial charge on any atom is 0.331 e. The highest BCUT2D eigenvalue weighted by Gasteiger charge is 2.71. The number of aliphatic hydroxyl groups excluding tert-OH is 5. The number of carbonyl (C=O) groups excluding carboxylic acids is 1. The largest absolute Gasteiger partial charge is 0.458 e. The van der Waals surface area contributed by atoms with Gasteiger partial charge in [-0.1, -0.05) is 13.8 Å². The summed E-state index contributed by atoms with van der Waals surface area (Å²) in [6.07, 6.45) is -1.51. The Morgan fingerprint density at radius 3 is 1.87 bits per heavy atom. The number of rotatable bonds is 7. The fourth-order valence-corrected chi connectivity index (χ4v) is 12.8. The van der Waals surface area contributed by atoms with Gasteiger partial charge >= 0.3 is 5.97 Å². The van der Waals surface area contributed by atoms with Crippen molar-refractivity contribution in [1.29, 1.82) is 0 Å². The van der Waals surface area contributed by atoms with Gasteiger partial charge in [0.05, 0.1) is 54.4 Å². The van der Waals surface area contributed by atoms with E-state index in [0.29, 0.717) is 18.8 Å². The van der Waals surface area contributed by atoms with E-state index in [2.05, 4.69) is 6.92 Å². The zero-order chi connectivity index (χ0) is 39.2. The van der Waals surface area contributed by atoms with E-state index in [1.807, 2.05) is 13.8 Å². The summed E-state index contributed by atoms with van der Waals surface area (Å²) in [4.78, 5) is 11.9. The van der Waals surface area contributed by atoms with Gasteiger partial charge in [-0.2, -0.15) is 0 Å². The Morgan fingerprint density at radius 1 is 0.691 bits per heavy atom. The lowest BCUT2D eigenvalue weighted by atomic mass is 9.42. The third kappa shape index (κ3) is 6.95. The summed E-state index contributed by atoms with van der Waals surface area (Å²) in [6.45, 7) is 9.90. The lowest BCUT2D eigenvalue weighted by molar-refractivity contribution is -0.336.